The van der Waals surface area contributed by atoms with Crippen LogP contribution in [0.4, 0.5) is 10.1 Å². The fraction of sp³-hybridized carbons (Fsp3) is 0.211. The molecule has 2 aromatic heterocycles. The number of aromatic nitrogens is 3. The molecule has 1 aromatic carbocycles. The lowest BCUT2D eigenvalue weighted by atomic mass is 10.1. The van der Waals surface area contributed by atoms with Crippen LogP contribution in [-0.4, -0.2) is 26.4 Å². The van der Waals surface area contributed by atoms with Crippen molar-refractivity contribution in [1.82, 2.24) is 19.9 Å². The van der Waals surface area contributed by atoms with E-state index in [0.717, 1.165) is 42.0 Å². The average molecular weight is 335 g/mol. The summed E-state index contributed by atoms with van der Waals surface area (Å²) in [6.07, 6.45) is 5.59. The Morgan fingerprint density at radius 2 is 1.96 bits per heavy atom. The van der Waals surface area contributed by atoms with Crippen LogP contribution in [0.15, 0.2) is 48.9 Å². The maximum atomic E-state index is 13.8. The number of nitrogen functional groups attached to an aromatic ring is 1. The summed E-state index contributed by atoms with van der Waals surface area (Å²) in [6, 6.07) is 9.29. The van der Waals surface area contributed by atoms with Gasteiger partial charge in [0.15, 0.2) is 5.82 Å². The third kappa shape index (κ3) is 3.34. The van der Waals surface area contributed by atoms with Gasteiger partial charge in [-0.3, -0.25) is 9.88 Å². The zero-order valence-electron chi connectivity index (χ0n) is 13.7. The maximum absolute atomic E-state index is 13.8. The molecule has 0 atom stereocenters. The summed E-state index contributed by atoms with van der Waals surface area (Å²) >= 11 is 0. The topological polar surface area (TPSA) is 67.9 Å². The summed E-state index contributed by atoms with van der Waals surface area (Å²) in [7, 11) is 0. The standard InChI is InChI=1S/C19H18FN5/c20-17-10-22-7-5-14(17)11-25-8-6-18-15(12-25)9-23-19(24-18)13-1-3-16(21)4-2-13/h1-5,7,9-10H,6,8,11-12,21H2. The molecule has 0 radical (unpaired) electrons. The minimum atomic E-state index is -0.261. The number of hydrogen-bond acceptors (Lipinski definition) is 5. The number of benzene rings is 1. The Morgan fingerprint density at radius 1 is 1.12 bits per heavy atom. The predicted octanol–water partition coefficient (Wildman–Crippen LogP) is 2.82. The molecule has 0 unspecified atom stereocenters. The van der Waals surface area contributed by atoms with Crippen molar-refractivity contribution in [2.75, 3.05) is 12.3 Å². The van der Waals surface area contributed by atoms with E-state index in [4.69, 9.17) is 10.7 Å². The molecule has 0 bridgehead atoms. The molecule has 0 saturated heterocycles. The van der Waals surface area contributed by atoms with Crippen LogP contribution < -0.4 is 5.73 Å². The zero-order chi connectivity index (χ0) is 17.2. The number of halogens is 1. The van der Waals surface area contributed by atoms with Gasteiger partial charge in [0.05, 0.1) is 11.9 Å². The number of nitrogens with two attached hydrogens (primary N) is 1. The number of fused-ring (bicyclic) bond motifs is 1. The van der Waals surface area contributed by atoms with E-state index >= 15 is 0 Å². The predicted molar refractivity (Wildman–Crippen MR) is 93.9 cm³/mol. The molecule has 0 aliphatic carbocycles. The number of rotatable bonds is 3. The molecular weight excluding hydrogens is 317 g/mol. The van der Waals surface area contributed by atoms with Crippen molar-refractivity contribution in [1.29, 1.82) is 0 Å². The molecule has 5 nitrogen and oxygen atoms in total. The van der Waals surface area contributed by atoms with Gasteiger partial charge in [0, 0.05) is 60.8 Å². The third-order valence-corrected chi connectivity index (χ3v) is 4.43. The molecule has 0 amide bonds. The Kier molecular flexibility index (Phi) is 4.11. The molecule has 25 heavy (non-hydrogen) atoms. The van der Waals surface area contributed by atoms with Crippen molar-refractivity contribution in [2.45, 2.75) is 19.5 Å². The van der Waals surface area contributed by atoms with Crippen molar-refractivity contribution < 1.29 is 4.39 Å². The highest BCUT2D eigenvalue weighted by molar-refractivity contribution is 5.58. The van der Waals surface area contributed by atoms with Gasteiger partial charge in [-0.25, -0.2) is 14.4 Å². The van der Waals surface area contributed by atoms with Gasteiger partial charge in [0.1, 0.15) is 5.82 Å². The van der Waals surface area contributed by atoms with Crippen LogP contribution in [0.1, 0.15) is 16.8 Å². The summed E-state index contributed by atoms with van der Waals surface area (Å²) in [4.78, 5) is 15.2. The lowest BCUT2D eigenvalue weighted by Crippen LogP contribution is -2.31. The van der Waals surface area contributed by atoms with Gasteiger partial charge in [-0.2, -0.15) is 0 Å². The average Bonchev–Trinajstić information content (AvgIpc) is 2.64. The smallest absolute Gasteiger partial charge is 0.159 e. The molecule has 1 aliphatic heterocycles. The minimum Gasteiger partial charge on any atom is -0.399 e. The summed E-state index contributed by atoms with van der Waals surface area (Å²) in [6.45, 7) is 2.12. The molecule has 126 valence electrons. The molecule has 4 rings (SSSR count). The van der Waals surface area contributed by atoms with Gasteiger partial charge in [-0.1, -0.05) is 0 Å². The molecular formula is C19H18FN5. The van der Waals surface area contributed by atoms with Gasteiger partial charge in [0.25, 0.3) is 0 Å². The minimum absolute atomic E-state index is 0.261. The Labute approximate surface area is 145 Å². The van der Waals surface area contributed by atoms with E-state index in [1.165, 1.54) is 6.20 Å². The van der Waals surface area contributed by atoms with Crippen LogP contribution in [0.3, 0.4) is 0 Å². The Hall–Kier alpha value is -2.86. The van der Waals surface area contributed by atoms with E-state index < -0.39 is 0 Å². The summed E-state index contributed by atoms with van der Waals surface area (Å²) in [5, 5.41) is 0. The third-order valence-electron chi connectivity index (χ3n) is 4.43. The quantitative estimate of drug-likeness (QED) is 0.746. The van der Waals surface area contributed by atoms with Crippen LogP contribution in [0.5, 0.6) is 0 Å². The fourth-order valence-electron chi connectivity index (χ4n) is 3.05. The molecule has 0 fully saturated rings. The largest absolute Gasteiger partial charge is 0.399 e. The van der Waals surface area contributed by atoms with Gasteiger partial charge in [-0.05, 0) is 30.3 Å². The van der Waals surface area contributed by atoms with Gasteiger partial charge in [0.2, 0.25) is 0 Å². The molecule has 1 aliphatic rings. The monoisotopic (exact) mass is 335 g/mol. The van der Waals surface area contributed by atoms with E-state index in [9.17, 15) is 4.39 Å². The highest BCUT2D eigenvalue weighted by Crippen LogP contribution is 2.23. The van der Waals surface area contributed by atoms with Gasteiger partial charge >= 0.3 is 0 Å². The number of pyridine rings is 1. The van der Waals surface area contributed by atoms with E-state index in [-0.39, 0.29) is 5.82 Å². The van der Waals surface area contributed by atoms with Crippen molar-refractivity contribution in [2.24, 2.45) is 0 Å². The molecule has 3 aromatic rings. The van der Waals surface area contributed by atoms with Crippen LogP contribution in [-0.2, 0) is 19.5 Å². The first-order valence-electron chi connectivity index (χ1n) is 8.20. The fourth-order valence-corrected chi connectivity index (χ4v) is 3.05. The highest BCUT2D eigenvalue weighted by Gasteiger charge is 2.19. The van der Waals surface area contributed by atoms with Crippen LogP contribution in [0.2, 0.25) is 0 Å². The SMILES string of the molecule is Nc1ccc(-c2ncc3c(n2)CCN(Cc2ccncc2F)C3)cc1. The van der Waals surface area contributed by atoms with E-state index in [1.54, 1.807) is 12.3 Å². The van der Waals surface area contributed by atoms with Crippen molar-refractivity contribution in [3.05, 3.63) is 71.6 Å². The molecule has 2 N–H and O–H groups in total. The van der Waals surface area contributed by atoms with Crippen LogP contribution >= 0.6 is 0 Å². The second-order valence-corrected chi connectivity index (χ2v) is 6.22. The lowest BCUT2D eigenvalue weighted by molar-refractivity contribution is 0.239. The van der Waals surface area contributed by atoms with E-state index in [1.807, 2.05) is 30.5 Å². The summed E-state index contributed by atoms with van der Waals surface area (Å²) in [5.41, 5.74) is 10.2. The summed E-state index contributed by atoms with van der Waals surface area (Å²) < 4.78 is 13.8. The van der Waals surface area contributed by atoms with Crippen LogP contribution in [0.25, 0.3) is 11.4 Å². The number of anilines is 1. The molecule has 0 saturated carbocycles. The summed E-state index contributed by atoms with van der Waals surface area (Å²) in [5.74, 6) is 0.454. The zero-order valence-corrected chi connectivity index (χ0v) is 13.7. The Morgan fingerprint density at radius 3 is 2.76 bits per heavy atom. The molecule has 3 heterocycles. The maximum Gasteiger partial charge on any atom is 0.159 e. The van der Waals surface area contributed by atoms with Crippen molar-refractivity contribution in [3.63, 3.8) is 0 Å². The second kappa shape index (κ2) is 6.57. The van der Waals surface area contributed by atoms with Gasteiger partial charge < -0.3 is 5.73 Å². The normalized spacial score (nSPS) is 14.3. The lowest BCUT2D eigenvalue weighted by Gasteiger charge is -2.28. The first-order chi connectivity index (χ1) is 12.2. The Bertz CT molecular complexity index is 895. The first-order valence-corrected chi connectivity index (χ1v) is 8.20. The van der Waals surface area contributed by atoms with E-state index in [0.29, 0.717) is 17.9 Å². The first kappa shape index (κ1) is 15.7. The number of hydrogen-bond donors (Lipinski definition) is 1. The Balaban J connectivity index is 1.52. The highest BCUT2D eigenvalue weighted by atomic mass is 19.1. The molecule has 0 spiro atoms. The van der Waals surface area contributed by atoms with Crippen LogP contribution in [0, 0.1) is 5.82 Å². The second-order valence-electron chi connectivity index (χ2n) is 6.22. The van der Waals surface area contributed by atoms with Crippen molar-refractivity contribution in [3.8, 4) is 11.4 Å². The molecule has 6 heteroatoms. The van der Waals surface area contributed by atoms with Crippen molar-refractivity contribution >= 4 is 5.69 Å². The van der Waals surface area contributed by atoms with Gasteiger partial charge in [-0.15, -0.1) is 0 Å². The van der Waals surface area contributed by atoms with E-state index in [2.05, 4.69) is 14.9 Å². The number of nitrogens with zero attached hydrogens (tertiary/aromatic N) is 4.